The molecular weight excluding hydrogens is 414 g/mol. The van der Waals surface area contributed by atoms with Gasteiger partial charge in [0.1, 0.15) is 17.0 Å². The van der Waals surface area contributed by atoms with Crippen LogP contribution in [0, 0.1) is 0 Å². The Morgan fingerprint density at radius 3 is 2.58 bits per heavy atom. The van der Waals surface area contributed by atoms with Crippen molar-refractivity contribution in [2.75, 3.05) is 13.1 Å². The molecule has 31 heavy (non-hydrogen) atoms. The van der Waals surface area contributed by atoms with E-state index in [0.717, 1.165) is 29.3 Å². The van der Waals surface area contributed by atoms with Crippen LogP contribution in [-0.4, -0.2) is 49.7 Å². The summed E-state index contributed by atoms with van der Waals surface area (Å²) in [6.45, 7) is 7.00. The number of carbonyl (C=O) groups excluding carboxylic acids is 1. The molecule has 8 nitrogen and oxygen atoms in total. The monoisotopic (exact) mass is 441 g/mol. The SMILES string of the molecule is CC(C)(C)OC(=O)N1CCC(c2nc(C(Oc3ccccc3)n3ccnn3)cs2)CC1. The summed E-state index contributed by atoms with van der Waals surface area (Å²) in [6.07, 6.45) is 4.39. The number of benzene rings is 1. The van der Waals surface area contributed by atoms with E-state index in [1.807, 2.05) is 56.5 Å². The molecule has 4 rings (SSSR count). The van der Waals surface area contributed by atoms with Gasteiger partial charge < -0.3 is 14.4 Å². The zero-order valence-electron chi connectivity index (χ0n) is 18.0. The Balaban J connectivity index is 1.44. The largest absolute Gasteiger partial charge is 0.463 e. The molecule has 0 N–H and O–H groups in total. The number of nitrogens with zero attached hydrogens (tertiary/aromatic N) is 5. The van der Waals surface area contributed by atoms with Gasteiger partial charge in [0.15, 0.2) is 0 Å². The van der Waals surface area contributed by atoms with Gasteiger partial charge in [0.05, 0.1) is 11.2 Å². The normalized spacial score (nSPS) is 16.2. The molecule has 0 saturated carbocycles. The third kappa shape index (κ3) is 5.41. The quantitative estimate of drug-likeness (QED) is 0.581. The summed E-state index contributed by atoms with van der Waals surface area (Å²) in [6, 6.07) is 9.62. The lowest BCUT2D eigenvalue weighted by Gasteiger charge is -2.32. The second-order valence-electron chi connectivity index (χ2n) is 8.52. The Hall–Kier alpha value is -2.94. The van der Waals surface area contributed by atoms with Crippen molar-refractivity contribution in [1.29, 1.82) is 0 Å². The molecule has 0 spiro atoms. The second-order valence-corrected chi connectivity index (χ2v) is 9.41. The molecule has 9 heteroatoms. The standard InChI is InChI=1S/C22H27N5O3S/c1-22(2,3)30-21(28)26-12-9-16(10-13-26)19-24-18(15-31-19)20(27-14-11-23-25-27)29-17-7-5-4-6-8-17/h4-8,11,14-16,20H,9-10,12-13H2,1-3H3. The number of para-hydroxylation sites is 1. The summed E-state index contributed by atoms with van der Waals surface area (Å²) in [5.74, 6) is 1.05. The second kappa shape index (κ2) is 9.05. The van der Waals surface area contributed by atoms with E-state index >= 15 is 0 Å². The molecule has 0 aliphatic carbocycles. The van der Waals surface area contributed by atoms with Crippen LogP contribution in [0.1, 0.15) is 56.5 Å². The maximum Gasteiger partial charge on any atom is 0.410 e. The molecule has 1 aliphatic heterocycles. The zero-order valence-corrected chi connectivity index (χ0v) is 18.8. The van der Waals surface area contributed by atoms with Crippen LogP contribution >= 0.6 is 11.3 Å². The summed E-state index contributed by atoms with van der Waals surface area (Å²) in [4.78, 5) is 19.0. The number of piperidine rings is 1. The van der Waals surface area contributed by atoms with Crippen molar-refractivity contribution in [3.63, 3.8) is 0 Å². The number of hydrogen-bond donors (Lipinski definition) is 0. The molecule has 0 radical (unpaired) electrons. The number of hydrogen-bond acceptors (Lipinski definition) is 7. The number of aromatic nitrogens is 4. The fraction of sp³-hybridized carbons (Fsp3) is 0.455. The predicted molar refractivity (Wildman–Crippen MR) is 117 cm³/mol. The lowest BCUT2D eigenvalue weighted by atomic mass is 9.98. The van der Waals surface area contributed by atoms with E-state index in [0.29, 0.717) is 19.0 Å². The van der Waals surface area contributed by atoms with Gasteiger partial charge in [-0.25, -0.2) is 14.5 Å². The Morgan fingerprint density at radius 2 is 1.94 bits per heavy atom. The lowest BCUT2D eigenvalue weighted by molar-refractivity contribution is 0.0204. The highest BCUT2D eigenvalue weighted by molar-refractivity contribution is 7.09. The molecule has 2 aromatic heterocycles. The van der Waals surface area contributed by atoms with Gasteiger partial charge in [0, 0.05) is 30.6 Å². The van der Waals surface area contributed by atoms with Crippen molar-refractivity contribution in [2.45, 2.75) is 51.4 Å². The minimum absolute atomic E-state index is 0.242. The maximum atomic E-state index is 12.3. The average molecular weight is 442 g/mol. The van der Waals surface area contributed by atoms with Crippen LogP contribution in [0.3, 0.4) is 0 Å². The molecule has 164 valence electrons. The van der Waals surface area contributed by atoms with E-state index in [1.165, 1.54) is 0 Å². The highest BCUT2D eigenvalue weighted by Crippen LogP contribution is 2.33. The molecule has 1 saturated heterocycles. The van der Waals surface area contributed by atoms with Gasteiger partial charge in [-0.3, -0.25) is 0 Å². The number of likely N-dealkylation sites (tertiary alicyclic amines) is 1. The Bertz CT molecular complexity index is 976. The number of carbonyl (C=O) groups is 1. The molecule has 1 unspecified atom stereocenters. The number of ether oxygens (including phenoxy) is 2. The van der Waals surface area contributed by atoms with Crippen molar-refractivity contribution >= 4 is 17.4 Å². The first-order valence-corrected chi connectivity index (χ1v) is 11.3. The third-order valence-electron chi connectivity index (χ3n) is 4.96. The highest BCUT2D eigenvalue weighted by Gasteiger charge is 2.29. The van der Waals surface area contributed by atoms with Crippen LogP contribution in [0.2, 0.25) is 0 Å². The summed E-state index contributed by atoms with van der Waals surface area (Å²) in [5.41, 5.74) is 0.316. The first-order valence-electron chi connectivity index (χ1n) is 10.4. The van der Waals surface area contributed by atoms with Gasteiger partial charge in [0.25, 0.3) is 0 Å². The predicted octanol–water partition coefficient (Wildman–Crippen LogP) is 4.48. The van der Waals surface area contributed by atoms with Crippen LogP contribution in [-0.2, 0) is 4.74 Å². The molecule has 1 amide bonds. The first kappa shape index (κ1) is 21.3. The van der Waals surface area contributed by atoms with Crippen LogP contribution in [0.5, 0.6) is 5.75 Å². The number of rotatable bonds is 5. The maximum absolute atomic E-state index is 12.3. The van der Waals surface area contributed by atoms with Gasteiger partial charge in [-0.2, -0.15) is 0 Å². The van der Waals surface area contributed by atoms with Gasteiger partial charge in [-0.15, -0.1) is 16.4 Å². The minimum atomic E-state index is -0.489. The first-order chi connectivity index (χ1) is 14.9. The molecule has 3 aromatic rings. The minimum Gasteiger partial charge on any atom is -0.463 e. The van der Waals surface area contributed by atoms with Crippen molar-refractivity contribution in [3.8, 4) is 5.75 Å². The van der Waals surface area contributed by atoms with E-state index < -0.39 is 11.8 Å². The Morgan fingerprint density at radius 1 is 1.19 bits per heavy atom. The summed E-state index contributed by atoms with van der Waals surface area (Å²) in [5, 5.41) is 11.1. The van der Waals surface area contributed by atoms with Crippen LogP contribution in [0.25, 0.3) is 0 Å². The molecule has 1 aliphatic rings. The molecule has 0 bridgehead atoms. The van der Waals surface area contributed by atoms with Gasteiger partial charge in [0.2, 0.25) is 6.23 Å². The number of amides is 1. The van der Waals surface area contributed by atoms with E-state index in [2.05, 4.69) is 10.3 Å². The molecule has 1 aromatic carbocycles. The third-order valence-corrected chi connectivity index (χ3v) is 5.99. The molecule has 1 atom stereocenters. The van der Waals surface area contributed by atoms with Crippen LogP contribution in [0.15, 0.2) is 48.1 Å². The van der Waals surface area contributed by atoms with Crippen molar-refractivity contribution in [1.82, 2.24) is 24.9 Å². The van der Waals surface area contributed by atoms with E-state index in [9.17, 15) is 4.79 Å². The van der Waals surface area contributed by atoms with Crippen molar-refractivity contribution in [3.05, 3.63) is 58.8 Å². The van der Waals surface area contributed by atoms with Gasteiger partial charge >= 0.3 is 6.09 Å². The smallest absolute Gasteiger partial charge is 0.410 e. The topological polar surface area (TPSA) is 82.4 Å². The molecule has 3 heterocycles. The summed E-state index contributed by atoms with van der Waals surface area (Å²) >= 11 is 1.62. The van der Waals surface area contributed by atoms with Crippen molar-refractivity contribution in [2.24, 2.45) is 0 Å². The van der Waals surface area contributed by atoms with E-state index in [1.54, 1.807) is 33.3 Å². The van der Waals surface area contributed by atoms with E-state index in [4.69, 9.17) is 14.5 Å². The summed E-state index contributed by atoms with van der Waals surface area (Å²) < 4.78 is 13.3. The van der Waals surface area contributed by atoms with E-state index in [-0.39, 0.29) is 6.09 Å². The Kier molecular flexibility index (Phi) is 6.22. The average Bonchev–Trinajstić information content (AvgIpc) is 3.44. The van der Waals surface area contributed by atoms with Crippen LogP contribution in [0.4, 0.5) is 4.79 Å². The Labute approximate surface area is 185 Å². The van der Waals surface area contributed by atoms with Crippen LogP contribution < -0.4 is 4.74 Å². The molecule has 1 fully saturated rings. The molecular formula is C22H27N5O3S. The zero-order chi connectivity index (χ0) is 21.8. The summed E-state index contributed by atoms with van der Waals surface area (Å²) in [7, 11) is 0. The van der Waals surface area contributed by atoms with Gasteiger partial charge in [-0.1, -0.05) is 23.4 Å². The fourth-order valence-electron chi connectivity index (χ4n) is 3.46. The number of thiazole rings is 1. The fourth-order valence-corrected chi connectivity index (χ4v) is 4.45. The lowest BCUT2D eigenvalue weighted by Crippen LogP contribution is -2.41. The highest BCUT2D eigenvalue weighted by atomic mass is 32.1. The van der Waals surface area contributed by atoms with Gasteiger partial charge in [-0.05, 0) is 45.7 Å². The van der Waals surface area contributed by atoms with Crippen molar-refractivity contribution < 1.29 is 14.3 Å².